The second kappa shape index (κ2) is 10.7. The minimum atomic E-state index is -3.83. The van der Waals surface area contributed by atoms with Crippen molar-refractivity contribution in [3.63, 3.8) is 0 Å². The maximum absolute atomic E-state index is 12.7. The summed E-state index contributed by atoms with van der Waals surface area (Å²) < 4.78 is 51.2. The van der Waals surface area contributed by atoms with E-state index in [1.165, 1.54) is 34.0 Å². The molecule has 1 aliphatic rings. The Hall–Kier alpha value is -3.39. The van der Waals surface area contributed by atoms with E-state index in [9.17, 15) is 21.6 Å². The van der Waals surface area contributed by atoms with Crippen LogP contribution in [0.1, 0.15) is 40.5 Å². The van der Waals surface area contributed by atoms with Gasteiger partial charge in [-0.15, -0.1) is 5.10 Å². The van der Waals surface area contributed by atoms with Crippen LogP contribution in [0.25, 0.3) is 6.08 Å². The van der Waals surface area contributed by atoms with E-state index in [0.717, 1.165) is 5.56 Å². The Bertz CT molecular complexity index is 1440. The van der Waals surface area contributed by atoms with Crippen molar-refractivity contribution in [1.29, 1.82) is 0 Å². The van der Waals surface area contributed by atoms with Crippen LogP contribution in [0.15, 0.2) is 71.1 Å². The maximum Gasteiger partial charge on any atom is 0.251 e. The van der Waals surface area contributed by atoms with E-state index in [4.69, 9.17) is 5.14 Å². The fraction of sp³-hybridized carbons (Fsp3) is 0.261. The number of primary sulfonamides is 1. The van der Waals surface area contributed by atoms with E-state index in [2.05, 4.69) is 15.6 Å². The highest BCUT2D eigenvalue weighted by molar-refractivity contribution is 7.92. The molecule has 0 aliphatic carbocycles. The molecule has 1 aliphatic heterocycles. The van der Waals surface area contributed by atoms with E-state index in [0.29, 0.717) is 31.6 Å². The highest BCUT2D eigenvalue weighted by Gasteiger charge is 2.27. The zero-order valence-corrected chi connectivity index (χ0v) is 20.9. The van der Waals surface area contributed by atoms with Crippen LogP contribution < -0.4 is 10.5 Å². The Morgan fingerprint density at radius 2 is 1.69 bits per heavy atom. The summed E-state index contributed by atoms with van der Waals surface area (Å²) in [5.74, 6) is -0.396. The normalized spacial score (nSPS) is 15.8. The minimum Gasteiger partial charge on any atom is -0.346 e. The lowest BCUT2D eigenvalue weighted by atomic mass is 10.1. The average molecular weight is 531 g/mol. The van der Waals surface area contributed by atoms with Crippen molar-refractivity contribution >= 4 is 32.0 Å². The van der Waals surface area contributed by atoms with E-state index in [-0.39, 0.29) is 23.0 Å². The molecule has 1 aromatic heterocycles. The summed E-state index contributed by atoms with van der Waals surface area (Å²) in [5, 5.41) is 17.3. The van der Waals surface area contributed by atoms with Gasteiger partial charge in [0.15, 0.2) is 0 Å². The number of hydrogen-bond donors (Lipinski definition) is 2. The van der Waals surface area contributed by atoms with Gasteiger partial charge in [-0.3, -0.25) is 4.79 Å². The molecule has 2 heterocycles. The van der Waals surface area contributed by atoms with E-state index in [1.54, 1.807) is 17.0 Å². The number of nitrogens with zero attached hydrogens (tertiary/aromatic N) is 4. The molecule has 1 saturated heterocycles. The van der Waals surface area contributed by atoms with E-state index >= 15 is 0 Å². The highest BCUT2D eigenvalue weighted by atomic mass is 32.2. The van der Waals surface area contributed by atoms with Crippen LogP contribution in [-0.4, -0.2) is 55.1 Å². The molecule has 0 bridgehead atoms. The van der Waals surface area contributed by atoms with Crippen LogP contribution in [0, 0.1) is 0 Å². The molecule has 11 nitrogen and oxygen atoms in total. The van der Waals surface area contributed by atoms with Gasteiger partial charge in [0.1, 0.15) is 5.69 Å². The number of rotatable bonds is 8. The number of aromatic nitrogens is 3. The highest BCUT2D eigenvalue weighted by Crippen LogP contribution is 2.24. The molecule has 13 heteroatoms. The Kier molecular flexibility index (Phi) is 7.64. The van der Waals surface area contributed by atoms with E-state index < -0.39 is 26.0 Å². The fourth-order valence-corrected chi connectivity index (χ4v) is 5.55. The standard InChI is InChI=1S/C23H26N6O5S2/c24-36(33,34)22-8-6-19(7-9-22)23(30)25-16-20-17-29(27-26-20)21-10-13-28(14-11-21)35(31,32)15-12-18-4-2-1-3-5-18/h1-9,12,15,17,21H,10-11,13-14,16H2,(H,25,30)(H2,24,33,34)/b15-12+. The van der Waals surface area contributed by atoms with Gasteiger partial charge >= 0.3 is 0 Å². The van der Waals surface area contributed by atoms with Crippen LogP contribution in [0.4, 0.5) is 0 Å². The zero-order chi connectivity index (χ0) is 25.8. The first-order chi connectivity index (χ1) is 17.1. The first kappa shape index (κ1) is 25.7. The van der Waals surface area contributed by atoms with Gasteiger partial charge in [-0.25, -0.2) is 26.7 Å². The summed E-state index contributed by atoms with van der Waals surface area (Å²) in [6.45, 7) is 0.867. The Balaban J connectivity index is 1.29. The van der Waals surface area contributed by atoms with Gasteiger partial charge < -0.3 is 5.32 Å². The third-order valence-electron chi connectivity index (χ3n) is 5.82. The molecule has 1 fully saturated rings. The number of benzene rings is 2. The third kappa shape index (κ3) is 6.43. The van der Waals surface area contributed by atoms with Crippen LogP contribution in [0.2, 0.25) is 0 Å². The monoisotopic (exact) mass is 530 g/mol. The molecule has 190 valence electrons. The molecule has 0 unspecified atom stereocenters. The summed E-state index contributed by atoms with van der Waals surface area (Å²) in [5.41, 5.74) is 1.65. The molecule has 1 amide bonds. The molecule has 3 aromatic rings. The number of nitrogens with one attached hydrogen (secondary N) is 1. The van der Waals surface area contributed by atoms with Gasteiger partial charge in [0.05, 0.1) is 23.7 Å². The summed E-state index contributed by atoms with van der Waals surface area (Å²) in [6.07, 6.45) is 4.50. The first-order valence-corrected chi connectivity index (χ1v) is 14.2. The Morgan fingerprint density at radius 3 is 2.33 bits per heavy atom. The van der Waals surface area contributed by atoms with Gasteiger partial charge in [0, 0.05) is 24.1 Å². The van der Waals surface area contributed by atoms with Crippen molar-refractivity contribution in [2.75, 3.05) is 13.1 Å². The van der Waals surface area contributed by atoms with Crippen molar-refractivity contribution < 1.29 is 21.6 Å². The van der Waals surface area contributed by atoms with Crippen molar-refractivity contribution in [3.8, 4) is 0 Å². The molecule has 2 aromatic carbocycles. The summed E-state index contributed by atoms with van der Waals surface area (Å²) in [4.78, 5) is 12.3. The van der Waals surface area contributed by atoms with Gasteiger partial charge in [-0.2, -0.15) is 4.31 Å². The quantitative estimate of drug-likeness (QED) is 0.447. The maximum atomic E-state index is 12.7. The number of amides is 1. The Labute approximate surface area is 209 Å². The number of hydrogen-bond acceptors (Lipinski definition) is 7. The summed E-state index contributed by atoms with van der Waals surface area (Å²) in [7, 11) is -7.35. The summed E-state index contributed by atoms with van der Waals surface area (Å²) in [6, 6.07) is 14.5. The van der Waals surface area contributed by atoms with Crippen molar-refractivity contribution in [2.45, 2.75) is 30.3 Å². The average Bonchev–Trinajstić information content (AvgIpc) is 3.35. The predicted molar refractivity (Wildman–Crippen MR) is 133 cm³/mol. The lowest BCUT2D eigenvalue weighted by molar-refractivity contribution is 0.0950. The topological polar surface area (TPSA) is 157 Å². The fourth-order valence-electron chi connectivity index (χ4n) is 3.82. The van der Waals surface area contributed by atoms with Gasteiger partial charge in [0.2, 0.25) is 20.0 Å². The predicted octanol–water partition coefficient (Wildman–Crippen LogP) is 1.49. The largest absolute Gasteiger partial charge is 0.346 e. The molecule has 0 atom stereocenters. The SMILES string of the molecule is NS(=O)(=O)c1ccc(C(=O)NCc2cn(C3CCN(S(=O)(=O)/C=C/c4ccccc4)CC3)nn2)cc1. The van der Waals surface area contributed by atoms with Gasteiger partial charge in [-0.1, -0.05) is 35.5 Å². The van der Waals surface area contributed by atoms with Crippen LogP contribution >= 0.6 is 0 Å². The van der Waals surface area contributed by atoms with Crippen LogP contribution in [0.5, 0.6) is 0 Å². The molecule has 36 heavy (non-hydrogen) atoms. The lowest BCUT2D eigenvalue weighted by Crippen LogP contribution is -2.38. The third-order valence-corrected chi connectivity index (χ3v) is 8.32. The number of carbonyl (C=O) groups excluding carboxylic acids is 1. The molecule has 4 rings (SSSR count). The molecule has 0 radical (unpaired) electrons. The van der Waals surface area contributed by atoms with Crippen molar-refractivity contribution in [3.05, 3.63) is 83.0 Å². The molecule has 0 spiro atoms. The zero-order valence-electron chi connectivity index (χ0n) is 19.3. The molecule has 3 N–H and O–H groups in total. The van der Waals surface area contributed by atoms with Crippen molar-refractivity contribution in [1.82, 2.24) is 24.6 Å². The summed E-state index contributed by atoms with van der Waals surface area (Å²) >= 11 is 0. The van der Waals surface area contributed by atoms with Crippen molar-refractivity contribution in [2.24, 2.45) is 5.14 Å². The first-order valence-electron chi connectivity index (χ1n) is 11.2. The van der Waals surface area contributed by atoms with Gasteiger partial charge in [0.25, 0.3) is 5.91 Å². The molecule has 0 saturated carbocycles. The number of nitrogens with two attached hydrogens (primary N) is 1. The lowest BCUT2D eigenvalue weighted by Gasteiger charge is -2.30. The second-order valence-corrected chi connectivity index (χ2v) is 11.7. The Morgan fingerprint density at radius 1 is 1.03 bits per heavy atom. The molecular weight excluding hydrogens is 504 g/mol. The number of carbonyl (C=O) groups is 1. The van der Waals surface area contributed by atoms with E-state index in [1.807, 2.05) is 30.3 Å². The van der Waals surface area contributed by atoms with Gasteiger partial charge in [-0.05, 0) is 48.7 Å². The number of piperidine rings is 1. The van der Waals surface area contributed by atoms with Crippen LogP contribution in [0.3, 0.4) is 0 Å². The van der Waals surface area contributed by atoms with Crippen LogP contribution in [-0.2, 0) is 26.6 Å². The molecular formula is C23H26N6O5S2. The number of sulfonamides is 2. The smallest absolute Gasteiger partial charge is 0.251 e. The second-order valence-electron chi connectivity index (χ2n) is 8.33. The minimum absolute atomic E-state index is 0.00254.